The number of benzene rings is 1. The fourth-order valence-electron chi connectivity index (χ4n) is 3.21. The first-order valence-electron chi connectivity index (χ1n) is 8.60. The molecule has 3 rings (SSSR count). The van der Waals surface area contributed by atoms with Gasteiger partial charge in [0.2, 0.25) is 5.91 Å². The van der Waals surface area contributed by atoms with Crippen LogP contribution in [0.15, 0.2) is 18.2 Å². The lowest BCUT2D eigenvalue weighted by Gasteiger charge is -2.24. The molecule has 5 nitrogen and oxygen atoms in total. The van der Waals surface area contributed by atoms with E-state index in [4.69, 9.17) is 9.47 Å². The van der Waals surface area contributed by atoms with E-state index in [0.717, 1.165) is 42.9 Å². The maximum absolute atomic E-state index is 12.5. The van der Waals surface area contributed by atoms with Crippen molar-refractivity contribution in [1.29, 1.82) is 0 Å². The third-order valence-electron chi connectivity index (χ3n) is 4.60. The quantitative estimate of drug-likeness (QED) is 0.929. The molecule has 5 heteroatoms. The summed E-state index contributed by atoms with van der Waals surface area (Å²) in [5.41, 5.74) is 1.04. The second-order valence-electron chi connectivity index (χ2n) is 6.40. The Labute approximate surface area is 137 Å². The number of likely N-dealkylation sites (N-methyl/N-ethyl adjacent to an activating group) is 1. The molecule has 0 aliphatic carbocycles. The van der Waals surface area contributed by atoms with Crippen LogP contribution in [0.4, 0.5) is 0 Å². The Kier molecular flexibility index (Phi) is 5.39. The third kappa shape index (κ3) is 4.16. The Hall–Kier alpha value is -1.75. The van der Waals surface area contributed by atoms with Crippen molar-refractivity contribution in [2.24, 2.45) is 0 Å². The molecular formula is C18H26N2O3. The minimum atomic E-state index is -0.00193. The van der Waals surface area contributed by atoms with E-state index in [-0.39, 0.29) is 11.9 Å². The van der Waals surface area contributed by atoms with Crippen LogP contribution in [0.5, 0.6) is 11.5 Å². The minimum absolute atomic E-state index is 0.00193. The summed E-state index contributed by atoms with van der Waals surface area (Å²) < 4.78 is 11.3. The standard InChI is InChI=1S/C18H26N2O3/c1-20-9-4-2-3-6-15(20)18(21)19-13-14-7-8-16-17(12-14)23-11-5-10-22-16/h7-8,12,15H,2-6,9-11,13H2,1H3,(H,19,21)/t15-/m0/s1. The third-order valence-corrected chi connectivity index (χ3v) is 4.60. The van der Waals surface area contributed by atoms with Gasteiger partial charge in [-0.2, -0.15) is 0 Å². The van der Waals surface area contributed by atoms with E-state index in [0.29, 0.717) is 19.8 Å². The number of fused-ring (bicyclic) bond motifs is 1. The van der Waals surface area contributed by atoms with Gasteiger partial charge >= 0.3 is 0 Å². The summed E-state index contributed by atoms with van der Waals surface area (Å²) in [5, 5.41) is 3.07. The Balaban J connectivity index is 1.59. The summed E-state index contributed by atoms with van der Waals surface area (Å²) >= 11 is 0. The number of nitrogens with one attached hydrogen (secondary N) is 1. The zero-order valence-electron chi connectivity index (χ0n) is 13.8. The van der Waals surface area contributed by atoms with Crippen molar-refractivity contribution in [3.8, 4) is 11.5 Å². The second-order valence-corrected chi connectivity index (χ2v) is 6.40. The molecule has 2 heterocycles. The van der Waals surface area contributed by atoms with Crippen LogP contribution in [0, 0.1) is 0 Å². The van der Waals surface area contributed by atoms with Crippen LogP contribution < -0.4 is 14.8 Å². The van der Waals surface area contributed by atoms with Crippen LogP contribution in [0.2, 0.25) is 0 Å². The van der Waals surface area contributed by atoms with Crippen LogP contribution in [-0.4, -0.2) is 43.7 Å². The molecule has 126 valence electrons. The summed E-state index contributed by atoms with van der Waals surface area (Å²) in [5.74, 6) is 1.70. The monoisotopic (exact) mass is 318 g/mol. The number of carbonyl (C=O) groups is 1. The van der Waals surface area contributed by atoms with E-state index in [1.54, 1.807) is 0 Å². The number of nitrogens with zero attached hydrogens (tertiary/aromatic N) is 1. The SMILES string of the molecule is CN1CCCCC[C@H]1C(=O)NCc1ccc2c(c1)OCCCO2. The molecule has 1 aromatic rings. The van der Waals surface area contributed by atoms with Gasteiger partial charge in [0.1, 0.15) is 0 Å². The molecule has 1 atom stereocenters. The largest absolute Gasteiger partial charge is 0.490 e. The number of rotatable bonds is 3. The molecule has 2 aliphatic heterocycles. The topological polar surface area (TPSA) is 50.8 Å². The molecule has 1 fully saturated rings. The van der Waals surface area contributed by atoms with Gasteiger partial charge in [0, 0.05) is 13.0 Å². The fraction of sp³-hybridized carbons (Fsp3) is 0.611. The Morgan fingerprint density at radius 2 is 2.00 bits per heavy atom. The molecule has 0 aromatic heterocycles. The molecule has 1 amide bonds. The number of hydrogen-bond donors (Lipinski definition) is 1. The molecule has 0 unspecified atom stereocenters. The first kappa shape index (κ1) is 16.1. The number of amides is 1. The van der Waals surface area contributed by atoms with Crippen LogP contribution in [0.25, 0.3) is 0 Å². The van der Waals surface area contributed by atoms with Crippen molar-refractivity contribution in [2.45, 2.75) is 44.7 Å². The van der Waals surface area contributed by atoms with E-state index in [9.17, 15) is 4.79 Å². The summed E-state index contributed by atoms with van der Waals surface area (Å²) in [7, 11) is 2.04. The van der Waals surface area contributed by atoms with Gasteiger partial charge in [-0.25, -0.2) is 0 Å². The first-order chi connectivity index (χ1) is 11.2. The van der Waals surface area contributed by atoms with E-state index < -0.39 is 0 Å². The fourth-order valence-corrected chi connectivity index (χ4v) is 3.21. The van der Waals surface area contributed by atoms with E-state index in [1.165, 1.54) is 12.8 Å². The zero-order chi connectivity index (χ0) is 16.1. The second kappa shape index (κ2) is 7.68. The average molecular weight is 318 g/mol. The predicted molar refractivity (Wildman–Crippen MR) is 88.8 cm³/mol. The van der Waals surface area contributed by atoms with Gasteiger partial charge in [0.15, 0.2) is 11.5 Å². The number of hydrogen-bond acceptors (Lipinski definition) is 4. The van der Waals surface area contributed by atoms with Crippen molar-refractivity contribution in [1.82, 2.24) is 10.2 Å². The van der Waals surface area contributed by atoms with Crippen LogP contribution >= 0.6 is 0 Å². The van der Waals surface area contributed by atoms with Crippen LogP contribution in [0.1, 0.15) is 37.7 Å². The van der Waals surface area contributed by atoms with Crippen molar-refractivity contribution in [3.05, 3.63) is 23.8 Å². The molecular weight excluding hydrogens is 292 g/mol. The molecule has 1 aromatic carbocycles. The molecule has 0 bridgehead atoms. The Bertz CT molecular complexity index is 547. The van der Waals surface area contributed by atoms with Gasteiger partial charge in [0.25, 0.3) is 0 Å². The predicted octanol–water partition coefficient (Wildman–Crippen LogP) is 2.34. The highest BCUT2D eigenvalue weighted by Crippen LogP contribution is 2.30. The zero-order valence-corrected chi connectivity index (χ0v) is 13.8. The van der Waals surface area contributed by atoms with E-state index >= 15 is 0 Å². The van der Waals surface area contributed by atoms with Crippen molar-refractivity contribution in [2.75, 3.05) is 26.8 Å². The maximum Gasteiger partial charge on any atom is 0.237 e. The Morgan fingerprint density at radius 3 is 2.87 bits per heavy atom. The smallest absolute Gasteiger partial charge is 0.237 e. The maximum atomic E-state index is 12.5. The van der Waals surface area contributed by atoms with Crippen LogP contribution in [-0.2, 0) is 11.3 Å². The van der Waals surface area contributed by atoms with Gasteiger partial charge in [-0.3, -0.25) is 9.69 Å². The number of likely N-dealkylation sites (tertiary alicyclic amines) is 1. The molecule has 2 aliphatic rings. The summed E-state index contributed by atoms with van der Waals surface area (Å²) in [6.07, 6.45) is 5.38. The van der Waals surface area contributed by atoms with Crippen molar-refractivity contribution >= 4 is 5.91 Å². The normalized spacial score (nSPS) is 22.0. The summed E-state index contributed by atoms with van der Waals surface area (Å²) in [4.78, 5) is 14.6. The molecule has 1 N–H and O–H groups in total. The highest BCUT2D eigenvalue weighted by molar-refractivity contribution is 5.81. The minimum Gasteiger partial charge on any atom is -0.490 e. The van der Waals surface area contributed by atoms with E-state index in [2.05, 4.69) is 10.2 Å². The number of carbonyl (C=O) groups excluding carboxylic acids is 1. The van der Waals surface area contributed by atoms with Crippen molar-refractivity contribution in [3.63, 3.8) is 0 Å². The van der Waals surface area contributed by atoms with Crippen molar-refractivity contribution < 1.29 is 14.3 Å². The lowest BCUT2D eigenvalue weighted by atomic mass is 10.1. The van der Waals surface area contributed by atoms with Gasteiger partial charge in [-0.15, -0.1) is 0 Å². The average Bonchev–Trinajstić information content (AvgIpc) is 2.92. The summed E-state index contributed by atoms with van der Waals surface area (Å²) in [6, 6.07) is 5.89. The highest BCUT2D eigenvalue weighted by Gasteiger charge is 2.24. The molecule has 0 saturated carbocycles. The summed E-state index contributed by atoms with van der Waals surface area (Å²) in [6.45, 7) is 2.90. The molecule has 0 radical (unpaired) electrons. The first-order valence-corrected chi connectivity index (χ1v) is 8.60. The van der Waals surface area contributed by atoms with Gasteiger partial charge < -0.3 is 14.8 Å². The van der Waals surface area contributed by atoms with Gasteiger partial charge in [-0.05, 0) is 44.1 Å². The lowest BCUT2D eigenvalue weighted by molar-refractivity contribution is -0.126. The number of ether oxygens (including phenoxy) is 2. The highest BCUT2D eigenvalue weighted by atomic mass is 16.5. The van der Waals surface area contributed by atoms with Crippen LogP contribution in [0.3, 0.4) is 0 Å². The van der Waals surface area contributed by atoms with E-state index in [1.807, 2.05) is 25.2 Å². The van der Waals surface area contributed by atoms with Gasteiger partial charge in [-0.1, -0.05) is 18.9 Å². The molecule has 0 spiro atoms. The van der Waals surface area contributed by atoms with Gasteiger partial charge in [0.05, 0.1) is 19.3 Å². The molecule has 23 heavy (non-hydrogen) atoms. The molecule has 1 saturated heterocycles. The Morgan fingerprint density at radius 1 is 1.17 bits per heavy atom. The lowest BCUT2D eigenvalue weighted by Crippen LogP contribution is -2.44.